The van der Waals surface area contributed by atoms with Crippen molar-refractivity contribution in [2.45, 2.75) is 71.7 Å². The van der Waals surface area contributed by atoms with Crippen LogP contribution in [0.15, 0.2) is 23.8 Å². The van der Waals surface area contributed by atoms with Crippen molar-refractivity contribution in [1.82, 2.24) is 0 Å². The van der Waals surface area contributed by atoms with E-state index >= 15 is 0 Å². The van der Waals surface area contributed by atoms with E-state index in [0.29, 0.717) is 24.8 Å². The Hall–Kier alpha value is -0.970. The lowest BCUT2D eigenvalue weighted by atomic mass is 9.46. The van der Waals surface area contributed by atoms with E-state index in [9.17, 15) is 20.1 Å². The highest BCUT2D eigenvalue weighted by atomic mass is 16.3. The third kappa shape index (κ3) is 2.06. The van der Waals surface area contributed by atoms with Crippen molar-refractivity contribution in [1.29, 1.82) is 0 Å². The molecule has 0 radical (unpaired) electrons. The van der Waals surface area contributed by atoms with E-state index in [4.69, 9.17) is 0 Å². The third-order valence-electron chi connectivity index (χ3n) is 7.28. The van der Waals surface area contributed by atoms with Gasteiger partial charge in [-0.25, -0.2) is 0 Å². The van der Waals surface area contributed by atoms with Crippen molar-refractivity contribution in [2.24, 2.45) is 22.2 Å². The van der Waals surface area contributed by atoms with E-state index in [1.807, 2.05) is 27.7 Å². The second kappa shape index (κ2) is 5.26. The van der Waals surface area contributed by atoms with Crippen LogP contribution in [0.4, 0.5) is 0 Å². The minimum Gasteiger partial charge on any atom is -0.392 e. The topological polar surface area (TPSA) is 77.8 Å². The molecule has 24 heavy (non-hydrogen) atoms. The van der Waals surface area contributed by atoms with Gasteiger partial charge in [0, 0.05) is 16.7 Å². The zero-order valence-electron chi connectivity index (χ0n) is 15.2. The van der Waals surface area contributed by atoms with Crippen LogP contribution in [0.3, 0.4) is 0 Å². The van der Waals surface area contributed by atoms with Crippen LogP contribution >= 0.6 is 0 Å². The van der Waals surface area contributed by atoms with E-state index in [0.717, 1.165) is 12.0 Å². The molecule has 0 aromatic carbocycles. The number of hydrogen-bond acceptors (Lipinski definition) is 4. The van der Waals surface area contributed by atoms with Crippen LogP contribution in [0.5, 0.6) is 0 Å². The number of carbonyl (C=O) groups is 1. The highest BCUT2D eigenvalue weighted by molar-refractivity contribution is 5.92. The molecule has 3 rings (SSSR count). The summed E-state index contributed by atoms with van der Waals surface area (Å²) in [5.41, 5.74) is -0.236. The largest absolute Gasteiger partial charge is 0.392 e. The Bertz CT molecular complexity index is 619. The molecular formula is C20H30O4. The van der Waals surface area contributed by atoms with Gasteiger partial charge in [-0.2, -0.15) is 0 Å². The number of carbonyl (C=O) groups excluding carboxylic acids is 1. The summed E-state index contributed by atoms with van der Waals surface area (Å²) in [6.07, 6.45) is 1.63. The zero-order valence-corrected chi connectivity index (χ0v) is 15.2. The van der Waals surface area contributed by atoms with Crippen LogP contribution in [0.25, 0.3) is 0 Å². The van der Waals surface area contributed by atoms with Crippen LogP contribution in [0, 0.1) is 22.2 Å². The van der Waals surface area contributed by atoms with Crippen LogP contribution < -0.4 is 0 Å². The summed E-state index contributed by atoms with van der Waals surface area (Å²) in [6, 6.07) is 0. The number of hydrogen-bond donors (Lipinski definition) is 3. The average Bonchev–Trinajstić information content (AvgIpc) is 2.52. The Morgan fingerprint density at radius 2 is 1.75 bits per heavy atom. The fourth-order valence-electron chi connectivity index (χ4n) is 5.63. The summed E-state index contributed by atoms with van der Waals surface area (Å²) < 4.78 is 0. The van der Waals surface area contributed by atoms with Crippen LogP contribution in [-0.2, 0) is 4.79 Å². The molecule has 0 heterocycles. The maximum absolute atomic E-state index is 13.1. The smallest absolute Gasteiger partial charge is 0.170 e. The van der Waals surface area contributed by atoms with Gasteiger partial charge in [0.05, 0.1) is 12.2 Å². The third-order valence-corrected chi connectivity index (χ3v) is 7.28. The first-order valence-corrected chi connectivity index (χ1v) is 8.95. The van der Waals surface area contributed by atoms with E-state index < -0.39 is 35.1 Å². The summed E-state index contributed by atoms with van der Waals surface area (Å²) in [7, 11) is 0. The lowest BCUT2D eigenvalue weighted by Gasteiger charge is -2.59. The maximum atomic E-state index is 13.1. The fraction of sp³-hybridized carbons (Fsp3) is 0.750. The highest BCUT2D eigenvalue weighted by Crippen LogP contribution is 2.61. The predicted octanol–water partition coefficient (Wildman–Crippen LogP) is 2.38. The van der Waals surface area contributed by atoms with Crippen molar-refractivity contribution in [3.8, 4) is 0 Å². The van der Waals surface area contributed by atoms with Crippen molar-refractivity contribution in [3.63, 3.8) is 0 Å². The molecule has 0 unspecified atom stereocenters. The molecule has 3 N–H and O–H groups in total. The lowest BCUT2D eigenvalue weighted by molar-refractivity contribution is -0.157. The van der Waals surface area contributed by atoms with Gasteiger partial charge in [-0.3, -0.25) is 4.79 Å². The van der Waals surface area contributed by atoms with Crippen molar-refractivity contribution in [3.05, 3.63) is 23.8 Å². The molecule has 0 amide bonds. The Labute approximate surface area is 144 Å². The molecule has 6 atom stereocenters. The van der Waals surface area contributed by atoms with Gasteiger partial charge in [0.15, 0.2) is 5.78 Å². The monoisotopic (exact) mass is 334 g/mol. The summed E-state index contributed by atoms with van der Waals surface area (Å²) in [6.45, 7) is 11.8. The summed E-state index contributed by atoms with van der Waals surface area (Å²) >= 11 is 0. The normalized spacial score (nSPS) is 47.9. The number of aliphatic hydroxyl groups excluding tert-OH is 3. The molecule has 0 aromatic rings. The van der Waals surface area contributed by atoms with Gasteiger partial charge >= 0.3 is 0 Å². The van der Waals surface area contributed by atoms with Crippen LogP contribution in [0.2, 0.25) is 0 Å². The standard InChI is InChI=1S/C20H30O4/c1-6-19(4)10-7-11-13(17(19)24)14(22)15(23)16-18(2,3)9-8-12(21)20(11,16)5/h6,12,14,16-17,21-22,24H,1,7-10H2,2-5H3/t12-,14-,16+,17-,19-,20+/m1/s1. The van der Waals surface area contributed by atoms with Crippen molar-refractivity contribution in [2.75, 3.05) is 0 Å². The zero-order chi connectivity index (χ0) is 18.1. The highest BCUT2D eigenvalue weighted by Gasteiger charge is 2.62. The maximum Gasteiger partial charge on any atom is 0.170 e. The molecule has 3 aliphatic carbocycles. The number of aliphatic hydroxyl groups is 3. The van der Waals surface area contributed by atoms with Crippen LogP contribution in [-0.4, -0.2) is 39.4 Å². The molecule has 1 fully saturated rings. The minimum absolute atomic E-state index is 0.257. The van der Waals surface area contributed by atoms with Crippen molar-refractivity contribution < 1.29 is 20.1 Å². The van der Waals surface area contributed by atoms with E-state index in [2.05, 4.69) is 6.58 Å². The Kier molecular flexibility index (Phi) is 3.91. The molecular weight excluding hydrogens is 304 g/mol. The first-order valence-electron chi connectivity index (χ1n) is 8.95. The van der Waals surface area contributed by atoms with E-state index in [1.165, 1.54) is 0 Å². The Morgan fingerprint density at radius 3 is 2.33 bits per heavy atom. The molecule has 3 aliphatic rings. The van der Waals surface area contributed by atoms with Gasteiger partial charge in [0.2, 0.25) is 0 Å². The molecule has 0 spiro atoms. The van der Waals surface area contributed by atoms with Gasteiger partial charge in [-0.15, -0.1) is 6.58 Å². The van der Waals surface area contributed by atoms with Gasteiger partial charge in [-0.1, -0.05) is 39.3 Å². The first-order chi connectivity index (χ1) is 11.0. The van der Waals surface area contributed by atoms with E-state index in [1.54, 1.807) is 6.08 Å². The fourth-order valence-corrected chi connectivity index (χ4v) is 5.63. The van der Waals surface area contributed by atoms with Gasteiger partial charge in [-0.05, 0) is 36.7 Å². The Morgan fingerprint density at radius 1 is 1.12 bits per heavy atom. The van der Waals surface area contributed by atoms with Crippen molar-refractivity contribution >= 4 is 5.78 Å². The average molecular weight is 334 g/mol. The molecule has 134 valence electrons. The van der Waals surface area contributed by atoms with Gasteiger partial charge in [0.1, 0.15) is 6.10 Å². The second-order valence-electron chi connectivity index (χ2n) is 9.11. The minimum atomic E-state index is -1.28. The Balaban J connectivity index is 2.23. The molecule has 0 bridgehead atoms. The number of fused-ring (bicyclic) bond motifs is 2. The number of rotatable bonds is 1. The summed E-state index contributed by atoms with van der Waals surface area (Å²) in [5.74, 6) is -0.685. The van der Waals surface area contributed by atoms with Gasteiger partial charge < -0.3 is 15.3 Å². The first kappa shape index (κ1) is 17.8. The summed E-state index contributed by atoms with van der Waals surface area (Å²) in [5, 5.41) is 32.5. The van der Waals surface area contributed by atoms with Crippen LogP contribution in [0.1, 0.15) is 53.4 Å². The molecule has 0 saturated heterocycles. The summed E-state index contributed by atoms with van der Waals surface area (Å²) in [4.78, 5) is 13.1. The lowest BCUT2D eigenvalue weighted by Crippen LogP contribution is -2.62. The molecule has 4 heteroatoms. The SMILES string of the molecule is C=C[C@]1(C)CCC2=C([C@@H](O)C(=O)[C@H]3C(C)(C)CC[C@@H](O)[C@]23C)[C@H]1O. The molecule has 1 saturated carbocycles. The molecule has 4 nitrogen and oxygen atoms in total. The molecule has 0 aliphatic heterocycles. The number of ketones is 1. The second-order valence-corrected chi connectivity index (χ2v) is 9.11. The number of Topliss-reactive ketones (excluding diaryl/α,β-unsaturated/α-hetero) is 1. The quantitative estimate of drug-likeness (QED) is 0.644. The van der Waals surface area contributed by atoms with E-state index in [-0.39, 0.29) is 11.2 Å². The predicted molar refractivity (Wildman–Crippen MR) is 92.2 cm³/mol. The van der Waals surface area contributed by atoms with Gasteiger partial charge in [0.25, 0.3) is 0 Å². The molecule has 0 aromatic heterocycles.